The van der Waals surface area contributed by atoms with E-state index in [0.29, 0.717) is 12.1 Å². The van der Waals surface area contributed by atoms with Crippen LogP contribution in [-0.4, -0.2) is 20.4 Å². The van der Waals surface area contributed by atoms with Crippen LogP contribution in [0.4, 0.5) is 0 Å². The summed E-state index contributed by atoms with van der Waals surface area (Å²) in [5.74, 6) is -0.0878. The number of aromatic nitrogens is 3. The van der Waals surface area contributed by atoms with Crippen LogP contribution < -0.4 is 5.32 Å². The summed E-state index contributed by atoms with van der Waals surface area (Å²) in [5, 5.41) is 2.99. The predicted octanol–water partition coefficient (Wildman–Crippen LogP) is 3.15. The summed E-state index contributed by atoms with van der Waals surface area (Å²) >= 11 is 0. The number of amides is 1. The number of rotatable bonds is 6. The first-order valence-corrected chi connectivity index (χ1v) is 8.07. The number of para-hydroxylation sites is 1. The van der Waals surface area contributed by atoms with Crippen LogP contribution in [0.1, 0.15) is 35.0 Å². The number of hydrogen-bond donors (Lipinski definition) is 1. The lowest BCUT2D eigenvalue weighted by Crippen LogP contribution is -2.23. The van der Waals surface area contributed by atoms with Crippen molar-refractivity contribution in [3.8, 4) is 5.69 Å². The van der Waals surface area contributed by atoms with Gasteiger partial charge < -0.3 is 9.88 Å². The van der Waals surface area contributed by atoms with Gasteiger partial charge in [-0.15, -0.1) is 0 Å². The van der Waals surface area contributed by atoms with Gasteiger partial charge in [-0.3, -0.25) is 9.78 Å². The fourth-order valence-corrected chi connectivity index (χ4v) is 2.60. The van der Waals surface area contributed by atoms with Crippen molar-refractivity contribution in [2.45, 2.75) is 26.3 Å². The Labute approximate surface area is 141 Å². The van der Waals surface area contributed by atoms with Gasteiger partial charge in [0.1, 0.15) is 0 Å². The van der Waals surface area contributed by atoms with Crippen molar-refractivity contribution in [1.29, 1.82) is 0 Å². The second-order valence-corrected chi connectivity index (χ2v) is 5.57. The van der Waals surface area contributed by atoms with Gasteiger partial charge in [0.15, 0.2) is 0 Å². The summed E-state index contributed by atoms with van der Waals surface area (Å²) in [4.78, 5) is 20.8. The first-order valence-electron chi connectivity index (χ1n) is 8.07. The molecule has 5 nitrogen and oxygen atoms in total. The minimum Gasteiger partial charge on any atom is -0.348 e. The molecule has 5 heteroatoms. The SMILES string of the molecule is CCCc1cc(C(=O)NCc2ccccc2-n2ccnc2)ccn1. The maximum atomic E-state index is 12.4. The Bertz CT molecular complexity index is 812. The topological polar surface area (TPSA) is 59.8 Å². The number of carbonyl (C=O) groups is 1. The van der Waals surface area contributed by atoms with Gasteiger partial charge in [0.05, 0.1) is 12.0 Å². The first-order chi connectivity index (χ1) is 11.8. The van der Waals surface area contributed by atoms with E-state index >= 15 is 0 Å². The highest BCUT2D eigenvalue weighted by Crippen LogP contribution is 2.14. The monoisotopic (exact) mass is 320 g/mol. The molecule has 1 N–H and O–H groups in total. The fraction of sp³-hybridized carbons (Fsp3) is 0.211. The second-order valence-electron chi connectivity index (χ2n) is 5.57. The Kier molecular flexibility index (Phi) is 5.01. The van der Waals surface area contributed by atoms with Gasteiger partial charge in [0.25, 0.3) is 5.91 Å². The molecule has 0 bridgehead atoms. The van der Waals surface area contributed by atoms with E-state index in [1.165, 1.54) is 0 Å². The molecular weight excluding hydrogens is 300 g/mol. The van der Waals surface area contributed by atoms with Gasteiger partial charge in [-0.2, -0.15) is 0 Å². The van der Waals surface area contributed by atoms with Crippen LogP contribution in [0.2, 0.25) is 0 Å². The van der Waals surface area contributed by atoms with Crippen molar-refractivity contribution in [3.63, 3.8) is 0 Å². The molecule has 3 aromatic rings. The molecule has 1 aromatic carbocycles. The van der Waals surface area contributed by atoms with E-state index in [9.17, 15) is 4.79 Å². The van der Waals surface area contributed by atoms with Gasteiger partial charge >= 0.3 is 0 Å². The summed E-state index contributed by atoms with van der Waals surface area (Å²) in [6.45, 7) is 2.56. The summed E-state index contributed by atoms with van der Waals surface area (Å²) in [6.07, 6.45) is 8.96. The third-order valence-corrected chi connectivity index (χ3v) is 3.80. The Morgan fingerprint density at radius 3 is 2.88 bits per heavy atom. The standard InChI is InChI=1S/C19H20N4O/c1-2-5-17-12-15(8-9-21-17)19(24)22-13-16-6-3-4-7-18(16)23-11-10-20-14-23/h3-4,6-12,14H,2,5,13H2,1H3,(H,22,24). The maximum Gasteiger partial charge on any atom is 0.251 e. The van der Waals surface area contributed by atoms with Gasteiger partial charge in [-0.25, -0.2) is 4.98 Å². The van der Waals surface area contributed by atoms with Gasteiger partial charge in [-0.1, -0.05) is 31.5 Å². The van der Waals surface area contributed by atoms with Crippen LogP contribution in [0.25, 0.3) is 5.69 Å². The summed E-state index contributed by atoms with van der Waals surface area (Å²) in [6, 6.07) is 11.6. The molecule has 1 amide bonds. The van der Waals surface area contributed by atoms with E-state index < -0.39 is 0 Å². The molecule has 3 rings (SSSR count). The fourth-order valence-electron chi connectivity index (χ4n) is 2.60. The van der Waals surface area contributed by atoms with E-state index in [1.807, 2.05) is 41.1 Å². The molecule has 0 aliphatic rings. The van der Waals surface area contributed by atoms with E-state index in [-0.39, 0.29) is 5.91 Å². The third kappa shape index (κ3) is 3.68. The molecule has 0 fully saturated rings. The Morgan fingerprint density at radius 2 is 2.08 bits per heavy atom. The van der Waals surface area contributed by atoms with E-state index in [1.54, 1.807) is 24.8 Å². The predicted molar refractivity (Wildman–Crippen MR) is 93.0 cm³/mol. The molecule has 0 unspecified atom stereocenters. The second kappa shape index (κ2) is 7.55. The number of benzene rings is 1. The number of imidazole rings is 1. The minimum atomic E-state index is -0.0878. The Hall–Kier alpha value is -2.95. The Morgan fingerprint density at radius 1 is 1.21 bits per heavy atom. The van der Waals surface area contributed by atoms with Crippen molar-refractivity contribution in [2.75, 3.05) is 0 Å². The van der Waals surface area contributed by atoms with Crippen molar-refractivity contribution in [2.24, 2.45) is 0 Å². The summed E-state index contributed by atoms with van der Waals surface area (Å²) < 4.78 is 1.94. The highest BCUT2D eigenvalue weighted by Gasteiger charge is 2.09. The number of pyridine rings is 1. The number of aryl methyl sites for hydroxylation is 1. The number of carbonyl (C=O) groups excluding carboxylic acids is 1. The zero-order chi connectivity index (χ0) is 16.8. The molecule has 0 atom stereocenters. The van der Waals surface area contributed by atoms with Crippen LogP contribution in [0.5, 0.6) is 0 Å². The molecule has 0 radical (unpaired) electrons. The zero-order valence-electron chi connectivity index (χ0n) is 13.6. The minimum absolute atomic E-state index is 0.0878. The van der Waals surface area contributed by atoms with Crippen LogP contribution in [0, 0.1) is 0 Å². The van der Waals surface area contributed by atoms with Gasteiger partial charge in [-0.05, 0) is 30.2 Å². The highest BCUT2D eigenvalue weighted by molar-refractivity contribution is 5.94. The average molecular weight is 320 g/mol. The lowest BCUT2D eigenvalue weighted by molar-refractivity contribution is 0.0950. The van der Waals surface area contributed by atoms with Crippen LogP contribution >= 0.6 is 0 Å². The first kappa shape index (κ1) is 15.9. The summed E-state index contributed by atoms with van der Waals surface area (Å²) in [7, 11) is 0. The average Bonchev–Trinajstić information content (AvgIpc) is 3.15. The normalized spacial score (nSPS) is 10.5. The number of nitrogens with one attached hydrogen (secondary N) is 1. The van der Waals surface area contributed by atoms with Crippen molar-refractivity contribution in [1.82, 2.24) is 19.9 Å². The zero-order valence-corrected chi connectivity index (χ0v) is 13.6. The number of nitrogens with zero attached hydrogens (tertiary/aromatic N) is 3. The lowest BCUT2D eigenvalue weighted by Gasteiger charge is -2.11. The Balaban J connectivity index is 1.72. The van der Waals surface area contributed by atoms with Crippen LogP contribution in [0.15, 0.2) is 61.3 Å². The molecule has 0 saturated heterocycles. The van der Waals surface area contributed by atoms with E-state index in [4.69, 9.17) is 0 Å². The van der Waals surface area contributed by atoms with Crippen LogP contribution in [0.3, 0.4) is 0 Å². The van der Waals surface area contributed by atoms with Crippen molar-refractivity contribution >= 4 is 5.91 Å². The maximum absolute atomic E-state index is 12.4. The molecule has 0 aliphatic heterocycles. The van der Waals surface area contributed by atoms with E-state index in [0.717, 1.165) is 29.8 Å². The van der Waals surface area contributed by atoms with Crippen molar-refractivity contribution in [3.05, 3.63) is 78.1 Å². The largest absolute Gasteiger partial charge is 0.348 e. The highest BCUT2D eigenvalue weighted by atomic mass is 16.1. The molecule has 24 heavy (non-hydrogen) atoms. The summed E-state index contributed by atoms with van der Waals surface area (Å²) in [5.41, 5.74) is 3.64. The van der Waals surface area contributed by atoms with Crippen LogP contribution in [-0.2, 0) is 13.0 Å². The van der Waals surface area contributed by atoms with Gasteiger partial charge in [0, 0.05) is 36.4 Å². The molecule has 122 valence electrons. The number of hydrogen-bond acceptors (Lipinski definition) is 3. The molecule has 0 aliphatic carbocycles. The van der Waals surface area contributed by atoms with E-state index in [2.05, 4.69) is 22.2 Å². The quantitative estimate of drug-likeness (QED) is 0.759. The molecule has 0 saturated carbocycles. The molecule has 2 heterocycles. The van der Waals surface area contributed by atoms with Gasteiger partial charge in [0.2, 0.25) is 0 Å². The molecule has 0 spiro atoms. The van der Waals surface area contributed by atoms with Crippen molar-refractivity contribution < 1.29 is 4.79 Å². The lowest BCUT2D eigenvalue weighted by atomic mass is 10.1. The third-order valence-electron chi connectivity index (χ3n) is 3.80. The smallest absolute Gasteiger partial charge is 0.251 e. The molecular formula is C19H20N4O. The molecule has 2 aromatic heterocycles.